The first-order chi connectivity index (χ1) is 7.18. The van der Waals surface area contributed by atoms with Gasteiger partial charge in [-0.05, 0) is 6.07 Å². The SMILES string of the molecule is CC1SCCSC1C(O)c1ccn(C)n1. The lowest BCUT2D eigenvalue weighted by Gasteiger charge is -2.30. The third-order valence-electron chi connectivity index (χ3n) is 2.59. The minimum atomic E-state index is -0.431. The molecule has 3 nitrogen and oxygen atoms in total. The normalized spacial score (nSPS) is 29.0. The monoisotopic (exact) mass is 244 g/mol. The summed E-state index contributed by atoms with van der Waals surface area (Å²) >= 11 is 3.80. The molecule has 1 aromatic rings. The Morgan fingerprint density at radius 1 is 1.53 bits per heavy atom. The molecule has 0 saturated carbocycles. The van der Waals surface area contributed by atoms with Gasteiger partial charge in [0.15, 0.2) is 0 Å². The number of hydrogen-bond donors (Lipinski definition) is 1. The van der Waals surface area contributed by atoms with Crippen molar-refractivity contribution in [2.45, 2.75) is 23.5 Å². The van der Waals surface area contributed by atoms with Crippen LogP contribution in [0, 0.1) is 0 Å². The molecule has 1 fully saturated rings. The summed E-state index contributed by atoms with van der Waals surface area (Å²) in [6.07, 6.45) is 1.45. The van der Waals surface area contributed by atoms with Crippen molar-refractivity contribution in [3.05, 3.63) is 18.0 Å². The van der Waals surface area contributed by atoms with E-state index in [0.717, 1.165) is 11.4 Å². The molecule has 1 saturated heterocycles. The van der Waals surface area contributed by atoms with Gasteiger partial charge in [0.1, 0.15) is 6.10 Å². The molecule has 2 heterocycles. The lowest BCUT2D eigenvalue weighted by molar-refractivity contribution is 0.168. The van der Waals surface area contributed by atoms with E-state index in [0.29, 0.717) is 5.25 Å². The molecule has 5 heteroatoms. The van der Waals surface area contributed by atoms with Crippen molar-refractivity contribution in [1.29, 1.82) is 0 Å². The van der Waals surface area contributed by atoms with E-state index in [1.54, 1.807) is 4.68 Å². The van der Waals surface area contributed by atoms with Crippen molar-refractivity contribution >= 4 is 23.5 Å². The highest BCUT2D eigenvalue weighted by molar-refractivity contribution is 8.07. The van der Waals surface area contributed by atoms with Crippen molar-refractivity contribution in [2.75, 3.05) is 11.5 Å². The van der Waals surface area contributed by atoms with E-state index in [4.69, 9.17) is 0 Å². The Hall–Kier alpha value is -0.130. The van der Waals surface area contributed by atoms with Crippen LogP contribution in [0.2, 0.25) is 0 Å². The van der Waals surface area contributed by atoms with Gasteiger partial charge >= 0.3 is 0 Å². The van der Waals surface area contributed by atoms with Crippen LogP contribution >= 0.6 is 23.5 Å². The van der Waals surface area contributed by atoms with E-state index in [-0.39, 0.29) is 5.25 Å². The molecule has 0 radical (unpaired) electrons. The Bertz CT molecular complexity index is 329. The molecule has 0 aliphatic carbocycles. The highest BCUT2D eigenvalue weighted by Gasteiger charge is 2.31. The second-order valence-corrected chi connectivity index (χ2v) is 6.54. The fourth-order valence-corrected chi connectivity index (χ4v) is 4.57. The van der Waals surface area contributed by atoms with E-state index < -0.39 is 6.10 Å². The van der Waals surface area contributed by atoms with Crippen LogP contribution in [-0.4, -0.2) is 36.9 Å². The van der Waals surface area contributed by atoms with Gasteiger partial charge < -0.3 is 5.11 Å². The van der Waals surface area contributed by atoms with Crippen LogP contribution < -0.4 is 0 Å². The molecule has 0 amide bonds. The standard InChI is InChI=1S/C10H16N2OS2/c1-7-10(15-6-5-14-7)9(13)8-3-4-12(2)11-8/h3-4,7,9-10,13H,5-6H2,1-2H3. The molecule has 0 bridgehead atoms. The Kier molecular flexibility index (Phi) is 3.64. The van der Waals surface area contributed by atoms with E-state index >= 15 is 0 Å². The van der Waals surface area contributed by atoms with Gasteiger partial charge in [-0.1, -0.05) is 6.92 Å². The van der Waals surface area contributed by atoms with Gasteiger partial charge in [0.2, 0.25) is 0 Å². The van der Waals surface area contributed by atoms with Gasteiger partial charge in [-0.2, -0.15) is 28.6 Å². The molecule has 3 atom stereocenters. The minimum absolute atomic E-state index is 0.277. The summed E-state index contributed by atoms with van der Waals surface area (Å²) in [4.78, 5) is 0. The topological polar surface area (TPSA) is 38.0 Å². The predicted molar refractivity (Wildman–Crippen MR) is 66.3 cm³/mol. The molecule has 1 N–H and O–H groups in total. The lowest BCUT2D eigenvalue weighted by Crippen LogP contribution is -2.29. The van der Waals surface area contributed by atoms with Gasteiger partial charge in [0, 0.05) is 35.3 Å². The third kappa shape index (κ3) is 2.52. The maximum absolute atomic E-state index is 10.2. The molecule has 0 spiro atoms. The highest BCUT2D eigenvalue weighted by atomic mass is 32.2. The number of thioether (sulfide) groups is 2. The van der Waals surface area contributed by atoms with Crippen molar-refractivity contribution in [3.63, 3.8) is 0 Å². The molecule has 1 aromatic heterocycles. The number of aliphatic hydroxyl groups is 1. The molecule has 3 unspecified atom stereocenters. The molecule has 84 valence electrons. The zero-order valence-corrected chi connectivity index (χ0v) is 10.6. The highest BCUT2D eigenvalue weighted by Crippen LogP contribution is 2.37. The Morgan fingerprint density at radius 3 is 2.87 bits per heavy atom. The van der Waals surface area contributed by atoms with Crippen LogP contribution in [0.5, 0.6) is 0 Å². The van der Waals surface area contributed by atoms with Crippen LogP contribution in [0.4, 0.5) is 0 Å². The predicted octanol–water partition coefficient (Wildman–Crippen LogP) is 1.69. The third-order valence-corrected chi connectivity index (χ3v) is 5.77. The van der Waals surface area contributed by atoms with E-state index in [2.05, 4.69) is 12.0 Å². The lowest BCUT2D eigenvalue weighted by atomic mass is 10.1. The maximum Gasteiger partial charge on any atom is 0.111 e. The zero-order valence-electron chi connectivity index (χ0n) is 8.96. The largest absolute Gasteiger partial charge is 0.386 e. The Labute approximate surface area is 98.6 Å². The van der Waals surface area contributed by atoms with Crippen molar-refractivity contribution < 1.29 is 5.11 Å². The van der Waals surface area contributed by atoms with Gasteiger partial charge in [-0.15, -0.1) is 0 Å². The minimum Gasteiger partial charge on any atom is -0.386 e. The number of aryl methyl sites for hydroxylation is 1. The molecule has 1 aliphatic heterocycles. The first-order valence-corrected chi connectivity index (χ1v) is 7.19. The fourth-order valence-electron chi connectivity index (χ4n) is 1.76. The van der Waals surface area contributed by atoms with E-state index in [9.17, 15) is 5.11 Å². The quantitative estimate of drug-likeness (QED) is 0.859. The molecule has 0 aromatic carbocycles. The van der Waals surface area contributed by atoms with E-state index in [1.165, 1.54) is 5.75 Å². The van der Waals surface area contributed by atoms with Gasteiger partial charge in [0.25, 0.3) is 0 Å². The molecule has 2 rings (SSSR count). The number of hydrogen-bond acceptors (Lipinski definition) is 4. The molecule has 15 heavy (non-hydrogen) atoms. The summed E-state index contributed by atoms with van der Waals surface area (Å²) in [6.45, 7) is 2.19. The Morgan fingerprint density at radius 2 is 2.27 bits per heavy atom. The second-order valence-electron chi connectivity index (χ2n) is 3.77. The fraction of sp³-hybridized carbons (Fsp3) is 0.700. The number of nitrogens with zero attached hydrogens (tertiary/aromatic N) is 2. The first kappa shape index (κ1) is 11.4. The first-order valence-electron chi connectivity index (χ1n) is 5.09. The summed E-state index contributed by atoms with van der Waals surface area (Å²) in [6, 6.07) is 1.90. The van der Waals surface area contributed by atoms with Crippen LogP contribution in [0.3, 0.4) is 0 Å². The van der Waals surface area contributed by atoms with Gasteiger partial charge in [-0.3, -0.25) is 4.68 Å². The summed E-state index contributed by atoms with van der Waals surface area (Å²) < 4.78 is 1.74. The van der Waals surface area contributed by atoms with Crippen molar-refractivity contribution in [3.8, 4) is 0 Å². The molecule has 1 aliphatic rings. The summed E-state index contributed by atoms with van der Waals surface area (Å²) in [7, 11) is 1.88. The van der Waals surface area contributed by atoms with Crippen LogP contribution in [-0.2, 0) is 7.05 Å². The average molecular weight is 244 g/mol. The maximum atomic E-state index is 10.2. The Balaban J connectivity index is 2.09. The number of aliphatic hydroxyl groups excluding tert-OH is 1. The summed E-state index contributed by atoms with van der Waals surface area (Å²) in [5.41, 5.74) is 0.796. The zero-order chi connectivity index (χ0) is 10.8. The molecular formula is C10H16N2OS2. The second kappa shape index (κ2) is 4.80. The molecular weight excluding hydrogens is 228 g/mol. The van der Waals surface area contributed by atoms with E-state index in [1.807, 2.05) is 42.8 Å². The van der Waals surface area contributed by atoms with Crippen LogP contribution in [0.15, 0.2) is 12.3 Å². The van der Waals surface area contributed by atoms with Crippen LogP contribution in [0.1, 0.15) is 18.7 Å². The summed E-state index contributed by atoms with van der Waals surface area (Å²) in [5.74, 6) is 2.32. The number of aromatic nitrogens is 2. The van der Waals surface area contributed by atoms with Crippen molar-refractivity contribution in [1.82, 2.24) is 9.78 Å². The van der Waals surface area contributed by atoms with Crippen molar-refractivity contribution in [2.24, 2.45) is 7.05 Å². The van der Waals surface area contributed by atoms with Gasteiger partial charge in [-0.25, -0.2) is 0 Å². The smallest absolute Gasteiger partial charge is 0.111 e. The van der Waals surface area contributed by atoms with Crippen LogP contribution in [0.25, 0.3) is 0 Å². The summed E-state index contributed by atoms with van der Waals surface area (Å²) in [5, 5.41) is 15.3. The van der Waals surface area contributed by atoms with Gasteiger partial charge in [0.05, 0.1) is 5.69 Å². The average Bonchev–Trinajstić information content (AvgIpc) is 2.65. The number of rotatable bonds is 2.